The summed E-state index contributed by atoms with van der Waals surface area (Å²) in [7, 11) is 0. The van der Waals surface area contributed by atoms with Crippen LogP contribution in [0.4, 0.5) is 0 Å². The van der Waals surface area contributed by atoms with Crippen LogP contribution in [-0.4, -0.2) is 0 Å². The second-order valence-electron chi connectivity index (χ2n) is 16.5. The summed E-state index contributed by atoms with van der Waals surface area (Å²) in [5.41, 5.74) is 18.8. The van der Waals surface area contributed by atoms with Gasteiger partial charge in [-0.3, -0.25) is 0 Å². The molecule has 1 unspecified atom stereocenters. The lowest BCUT2D eigenvalue weighted by Gasteiger charge is -2.34. The first-order valence-corrected chi connectivity index (χ1v) is 21.9. The van der Waals surface area contributed by atoms with Gasteiger partial charge in [-0.25, -0.2) is 0 Å². The standard InChI is InChI=1S/C58H38OS/c1-3-16-38(17-4-1)58(39-18-5-2-6-19-39)48-25-11-9-21-45(48)54-41(23-13-26-49(54)58)37-30-32-47-53(35-37)60-52-28-14-24-43(55(47)52)42-31-29-36-15-7-8-20-40(36)56-44(42)33-34-51-57(56)46-22-10-12-27-50(46)59-51/h1-28,30,32-35,42H,29,31H2. The van der Waals surface area contributed by atoms with Crippen LogP contribution in [-0.2, 0) is 11.8 Å². The Morgan fingerprint density at radius 3 is 2.00 bits per heavy atom. The van der Waals surface area contributed by atoms with E-state index < -0.39 is 5.41 Å². The molecule has 2 heterocycles. The quantitative estimate of drug-likeness (QED) is 0.173. The number of benzene rings is 9. The van der Waals surface area contributed by atoms with Gasteiger partial charge in [0.2, 0.25) is 0 Å². The summed E-state index contributed by atoms with van der Waals surface area (Å²) in [5, 5.41) is 5.14. The summed E-state index contributed by atoms with van der Waals surface area (Å²) in [4.78, 5) is 0. The van der Waals surface area contributed by atoms with Gasteiger partial charge < -0.3 is 4.42 Å². The molecule has 2 heteroatoms. The molecule has 9 aromatic carbocycles. The Balaban J connectivity index is 1.01. The van der Waals surface area contributed by atoms with Crippen molar-refractivity contribution in [2.24, 2.45) is 0 Å². The van der Waals surface area contributed by atoms with Gasteiger partial charge >= 0.3 is 0 Å². The number of furan rings is 1. The van der Waals surface area contributed by atoms with Crippen molar-refractivity contribution in [2.45, 2.75) is 24.2 Å². The Kier molecular flexibility index (Phi) is 7.35. The van der Waals surface area contributed by atoms with Crippen LogP contribution < -0.4 is 0 Å². The van der Waals surface area contributed by atoms with Crippen molar-refractivity contribution in [3.8, 4) is 33.4 Å². The largest absolute Gasteiger partial charge is 0.456 e. The highest BCUT2D eigenvalue weighted by Crippen LogP contribution is 2.58. The molecule has 0 amide bonds. The van der Waals surface area contributed by atoms with Crippen LogP contribution in [0, 0.1) is 0 Å². The maximum atomic E-state index is 6.48. The molecule has 2 aliphatic rings. The van der Waals surface area contributed by atoms with E-state index in [1.165, 1.54) is 103 Å². The molecule has 13 rings (SSSR count). The lowest BCUT2D eigenvalue weighted by molar-refractivity contribution is 0.668. The van der Waals surface area contributed by atoms with Crippen LogP contribution in [0.15, 0.2) is 205 Å². The molecule has 0 spiro atoms. The SMILES string of the molecule is c1ccc(C2(c3ccccc3)c3ccccc3-c3c(-c4ccc5c(c4)sc4cccc(C6CCc7ccccc7-c7c6ccc6oc8ccccc8c76)c45)cccc32)cc1. The Morgan fingerprint density at radius 2 is 1.15 bits per heavy atom. The van der Waals surface area contributed by atoms with Crippen molar-refractivity contribution in [3.05, 3.63) is 239 Å². The summed E-state index contributed by atoms with van der Waals surface area (Å²) in [5.74, 6) is 0.227. The zero-order chi connectivity index (χ0) is 39.4. The number of fused-ring (bicyclic) bond motifs is 13. The highest BCUT2D eigenvalue weighted by atomic mass is 32.1. The molecular weight excluding hydrogens is 745 g/mol. The van der Waals surface area contributed by atoms with Crippen molar-refractivity contribution >= 4 is 53.4 Å². The molecule has 0 bridgehead atoms. The van der Waals surface area contributed by atoms with E-state index in [4.69, 9.17) is 4.42 Å². The molecule has 60 heavy (non-hydrogen) atoms. The third-order valence-corrected chi connectivity index (χ3v) is 14.8. The molecular formula is C58H38OS. The van der Waals surface area contributed by atoms with Crippen molar-refractivity contribution in [3.63, 3.8) is 0 Å². The normalized spacial score (nSPS) is 15.2. The minimum atomic E-state index is -0.427. The van der Waals surface area contributed by atoms with E-state index in [0.29, 0.717) is 0 Å². The lowest BCUT2D eigenvalue weighted by atomic mass is 9.67. The zero-order valence-electron chi connectivity index (χ0n) is 32.9. The zero-order valence-corrected chi connectivity index (χ0v) is 33.7. The fourth-order valence-corrected chi connectivity index (χ4v) is 12.4. The van der Waals surface area contributed by atoms with E-state index in [1.54, 1.807) is 0 Å². The van der Waals surface area contributed by atoms with Gasteiger partial charge in [-0.05, 0) is 109 Å². The number of para-hydroxylation sites is 1. The van der Waals surface area contributed by atoms with Crippen LogP contribution in [0.25, 0.3) is 75.5 Å². The van der Waals surface area contributed by atoms with E-state index >= 15 is 0 Å². The second-order valence-corrected chi connectivity index (χ2v) is 17.6. The van der Waals surface area contributed by atoms with E-state index in [0.717, 1.165) is 24.0 Å². The Labute approximate surface area is 352 Å². The highest BCUT2D eigenvalue weighted by molar-refractivity contribution is 7.25. The molecule has 2 aliphatic carbocycles. The van der Waals surface area contributed by atoms with E-state index in [9.17, 15) is 0 Å². The average Bonchev–Trinajstić information content (AvgIpc) is 3.94. The van der Waals surface area contributed by atoms with Gasteiger partial charge in [0.15, 0.2) is 0 Å². The van der Waals surface area contributed by atoms with E-state index in [-0.39, 0.29) is 5.92 Å². The van der Waals surface area contributed by atoms with Gasteiger partial charge in [-0.15, -0.1) is 11.3 Å². The van der Waals surface area contributed by atoms with Gasteiger partial charge in [0.25, 0.3) is 0 Å². The summed E-state index contributed by atoms with van der Waals surface area (Å²) >= 11 is 1.93. The third-order valence-electron chi connectivity index (χ3n) is 13.6. The Morgan fingerprint density at radius 1 is 0.450 bits per heavy atom. The highest BCUT2D eigenvalue weighted by Gasteiger charge is 2.46. The number of rotatable bonds is 4. The predicted octanol–water partition coefficient (Wildman–Crippen LogP) is 15.7. The fourth-order valence-electron chi connectivity index (χ4n) is 11.2. The molecule has 1 atom stereocenters. The summed E-state index contributed by atoms with van der Waals surface area (Å²) < 4.78 is 9.15. The fraction of sp³-hybridized carbons (Fsp3) is 0.0690. The lowest BCUT2D eigenvalue weighted by Crippen LogP contribution is -2.28. The molecule has 2 aromatic heterocycles. The number of hydrogen-bond acceptors (Lipinski definition) is 2. The third kappa shape index (κ3) is 4.68. The molecule has 282 valence electrons. The van der Waals surface area contributed by atoms with Gasteiger partial charge in [0, 0.05) is 36.9 Å². The Hall–Kier alpha value is -7.00. The molecule has 11 aromatic rings. The number of hydrogen-bond donors (Lipinski definition) is 0. The van der Waals surface area contributed by atoms with Crippen LogP contribution in [0.5, 0.6) is 0 Å². The van der Waals surface area contributed by atoms with Crippen LogP contribution >= 0.6 is 11.3 Å². The molecule has 0 aliphatic heterocycles. The van der Waals surface area contributed by atoms with Gasteiger partial charge in [-0.1, -0.05) is 176 Å². The smallest absolute Gasteiger partial charge is 0.136 e. The average molecular weight is 783 g/mol. The van der Waals surface area contributed by atoms with Gasteiger partial charge in [0.1, 0.15) is 11.2 Å². The predicted molar refractivity (Wildman–Crippen MR) is 251 cm³/mol. The van der Waals surface area contributed by atoms with Crippen LogP contribution in [0.1, 0.15) is 51.3 Å². The molecule has 0 N–H and O–H groups in total. The van der Waals surface area contributed by atoms with Crippen molar-refractivity contribution < 1.29 is 4.42 Å². The minimum Gasteiger partial charge on any atom is -0.456 e. The van der Waals surface area contributed by atoms with Crippen molar-refractivity contribution in [2.75, 3.05) is 0 Å². The molecule has 0 saturated carbocycles. The first kappa shape index (κ1) is 33.9. The number of thiophene rings is 1. The van der Waals surface area contributed by atoms with Gasteiger partial charge in [0.05, 0.1) is 5.41 Å². The maximum Gasteiger partial charge on any atom is 0.136 e. The summed E-state index contributed by atoms with van der Waals surface area (Å²) in [6, 6.07) is 74.6. The topological polar surface area (TPSA) is 13.1 Å². The second kappa shape index (κ2) is 13.0. The van der Waals surface area contributed by atoms with Crippen molar-refractivity contribution in [1.82, 2.24) is 0 Å². The number of aryl methyl sites for hydroxylation is 1. The maximum absolute atomic E-state index is 6.48. The molecule has 0 saturated heterocycles. The van der Waals surface area contributed by atoms with E-state index in [1.807, 2.05) is 11.3 Å². The van der Waals surface area contributed by atoms with Crippen LogP contribution in [0.3, 0.4) is 0 Å². The van der Waals surface area contributed by atoms with Crippen molar-refractivity contribution in [1.29, 1.82) is 0 Å². The van der Waals surface area contributed by atoms with Gasteiger partial charge in [-0.2, -0.15) is 0 Å². The monoisotopic (exact) mass is 782 g/mol. The summed E-state index contributed by atoms with van der Waals surface area (Å²) in [6.45, 7) is 0. The first-order chi connectivity index (χ1) is 29.8. The minimum absolute atomic E-state index is 0.227. The molecule has 1 nitrogen and oxygen atoms in total. The molecule has 0 radical (unpaired) electrons. The Bertz CT molecular complexity index is 3460. The summed E-state index contributed by atoms with van der Waals surface area (Å²) in [6.07, 6.45) is 2.06. The van der Waals surface area contributed by atoms with Crippen LogP contribution in [0.2, 0.25) is 0 Å². The van der Waals surface area contributed by atoms with E-state index in [2.05, 4.69) is 200 Å². The first-order valence-electron chi connectivity index (χ1n) is 21.1. The molecule has 0 fully saturated rings.